The third-order valence-corrected chi connectivity index (χ3v) is 8.33. The van der Waals surface area contributed by atoms with Crippen molar-refractivity contribution in [3.63, 3.8) is 0 Å². The number of piperidine rings is 1. The van der Waals surface area contributed by atoms with E-state index < -0.39 is 0 Å². The molecule has 4 heterocycles. The first-order valence-corrected chi connectivity index (χ1v) is 12.5. The number of carbonyl (C=O) groups excluding carboxylic acids is 2. The Labute approximate surface area is 202 Å². The highest BCUT2D eigenvalue weighted by molar-refractivity contribution is 7.80. The lowest BCUT2D eigenvalue weighted by Gasteiger charge is -2.39. The molecule has 1 aromatic heterocycles. The average Bonchev–Trinajstić information content (AvgIpc) is 3.48. The van der Waals surface area contributed by atoms with Gasteiger partial charge in [0, 0.05) is 37.9 Å². The summed E-state index contributed by atoms with van der Waals surface area (Å²) in [5.74, 6) is 1.54. The first-order valence-electron chi connectivity index (χ1n) is 11.3. The van der Waals surface area contributed by atoms with Gasteiger partial charge in [-0.3, -0.25) is 9.59 Å². The SMILES string of the molecule is CC(=O)c1ccc(C(=O)N2CCC3(CC2)CCN(C(=S)Nc2ccc4c(c2)OCCO4)C3)s1. The topological polar surface area (TPSA) is 71.1 Å². The van der Waals surface area contributed by atoms with Crippen molar-refractivity contribution in [1.29, 1.82) is 0 Å². The standard InChI is InChI=1S/C24H27N3O4S2/c1-16(28)20-4-5-21(33-20)22(29)26-9-6-24(7-10-26)8-11-27(15-24)23(32)25-17-2-3-18-19(14-17)31-13-12-30-18/h2-5,14H,6-13,15H2,1H3,(H,25,32). The fraction of sp³-hybridized carbons (Fsp3) is 0.458. The normalized spacial score (nSPS) is 18.9. The minimum Gasteiger partial charge on any atom is -0.486 e. The second kappa shape index (κ2) is 8.95. The van der Waals surface area contributed by atoms with Gasteiger partial charge in [-0.25, -0.2) is 0 Å². The van der Waals surface area contributed by atoms with Crippen LogP contribution in [0.5, 0.6) is 11.5 Å². The number of amides is 1. The zero-order valence-electron chi connectivity index (χ0n) is 18.6. The number of ether oxygens (including phenoxy) is 2. The minimum atomic E-state index is 0.00326. The van der Waals surface area contributed by atoms with Crippen LogP contribution < -0.4 is 14.8 Å². The maximum atomic E-state index is 12.9. The van der Waals surface area contributed by atoms with Crippen LogP contribution in [0.3, 0.4) is 0 Å². The van der Waals surface area contributed by atoms with Crippen LogP contribution in [-0.2, 0) is 0 Å². The van der Waals surface area contributed by atoms with Gasteiger partial charge in [-0.15, -0.1) is 11.3 Å². The Morgan fingerprint density at radius 2 is 1.64 bits per heavy atom. The molecule has 1 aromatic carbocycles. The largest absolute Gasteiger partial charge is 0.486 e. The summed E-state index contributed by atoms with van der Waals surface area (Å²) in [6.45, 7) is 5.95. The number of rotatable bonds is 3. The van der Waals surface area contributed by atoms with E-state index in [1.165, 1.54) is 18.3 Å². The zero-order chi connectivity index (χ0) is 23.0. The lowest BCUT2D eigenvalue weighted by molar-refractivity contribution is 0.0603. The number of fused-ring (bicyclic) bond motifs is 1. The summed E-state index contributed by atoms with van der Waals surface area (Å²) in [7, 11) is 0. The van der Waals surface area contributed by atoms with Crippen molar-refractivity contribution in [2.24, 2.45) is 5.41 Å². The number of anilines is 1. The van der Waals surface area contributed by atoms with Crippen LogP contribution >= 0.6 is 23.6 Å². The fourth-order valence-corrected chi connectivity index (χ4v) is 5.97. The van der Waals surface area contributed by atoms with E-state index in [9.17, 15) is 9.59 Å². The molecule has 1 spiro atoms. The molecule has 5 rings (SSSR count). The lowest BCUT2D eigenvalue weighted by Crippen LogP contribution is -2.44. The number of nitrogens with zero attached hydrogens (tertiary/aromatic N) is 2. The monoisotopic (exact) mass is 485 g/mol. The third kappa shape index (κ3) is 4.56. The summed E-state index contributed by atoms with van der Waals surface area (Å²) in [4.78, 5) is 29.9. The molecular formula is C24H27N3O4S2. The second-order valence-electron chi connectivity index (χ2n) is 8.97. The first-order chi connectivity index (χ1) is 15.9. The summed E-state index contributed by atoms with van der Waals surface area (Å²) in [6, 6.07) is 9.31. The summed E-state index contributed by atoms with van der Waals surface area (Å²) in [6.07, 6.45) is 3.01. The van der Waals surface area contributed by atoms with Crippen molar-refractivity contribution < 1.29 is 19.1 Å². The number of hydrogen-bond donors (Lipinski definition) is 1. The number of thiocarbonyl (C=S) groups is 1. The van der Waals surface area contributed by atoms with Crippen LogP contribution in [0.25, 0.3) is 0 Å². The predicted molar refractivity (Wildman–Crippen MR) is 132 cm³/mol. The molecule has 0 unspecified atom stereocenters. The van der Waals surface area contributed by atoms with Crippen LogP contribution in [0.1, 0.15) is 45.5 Å². The van der Waals surface area contributed by atoms with Gasteiger partial charge in [0.25, 0.3) is 5.91 Å². The molecule has 0 atom stereocenters. The molecular weight excluding hydrogens is 458 g/mol. The van der Waals surface area contributed by atoms with E-state index >= 15 is 0 Å². The van der Waals surface area contributed by atoms with Gasteiger partial charge in [0.05, 0.1) is 9.75 Å². The van der Waals surface area contributed by atoms with E-state index in [1.54, 1.807) is 12.1 Å². The van der Waals surface area contributed by atoms with Crippen molar-refractivity contribution in [2.75, 3.05) is 44.7 Å². The molecule has 2 aromatic rings. The van der Waals surface area contributed by atoms with E-state index in [1.807, 2.05) is 23.1 Å². The van der Waals surface area contributed by atoms with Crippen LogP contribution in [0.15, 0.2) is 30.3 Å². The van der Waals surface area contributed by atoms with Crippen molar-refractivity contribution in [1.82, 2.24) is 9.80 Å². The van der Waals surface area contributed by atoms with Crippen molar-refractivity contribution in [3.8, 4) is 11.5 Å². The van der Waals surface area contributed by atoms with Crippen molar-refractivity contribution in [2.45, 2.75) is 26.2 Å². The van der Waals surface area contributed by atoms with E-state index in [4.69, 9.17) is 21.7 Å². The highest BCUT2D eigenvalue weighted by Crippen LogP contribution is 2.41. The Hall–Kier alpha value is -2.65. The quantitative estimate of drug-likeness (QED) is 0.520. The second-order valence-corrected chi connectivity index (χ2v) is 10.4. The molecule has 3 aliphatic rings. The molecule has 174 valence electrons. The molecule has 7 nitrogen and oxygen atoms in total. The van der Waals surface area contributed by atoms with Gasteiger partial charge in [0.2, 0.25) is 0 Å². The Balaban J connectivity index is 1.16. The molecule has 33 heavy (non-hydrogen) atoms. The fourth-order valence-electron chi connectivity index (χ4n) is 4.82. The number of carbonyl (C=O) groups is 2. The zero-order valence-corrected chi connectivity index (χ0v) is 20.2. The lowest BCUT2D eigenvalue weighted by atomic mass is 9.78. The van der Waals surface area contributed by atoms with Gasteiger partial charge >= 0.3 is 0 Å². The van der Waals surface area contributed by atoms with Gasteiger partial charge in [-0.2, -0.15) is 0 Å². The number of Topliss-reactive ketones (excluding diaryl/α,β-unsaturated/α-hetero) is 1. The van der Waals surface area contributed by atoms with E-state index in [-0.39, 0.29) is 17.1 Å². The summed E-state index contributed by atoms with van der Waals surface area (Å²) >= 11 is 7.00. The Morgan fingerprint density at radius 1 is 0.970 bits per heavy atom. The molecule has 0 radical (unpaired) electrons. The van der Waals surface area contributed by atoms with E-state index in [2.05, 4.69) is 10.2 Å². The number of benzene rings is 1. The van der Waals surface area contributed by atoms with Gasteiger partial charge in [0.15, 0.2) is 22.4 Å². The highest BCUT2D eigenvalue weighted by Gasteiger charge is 2.42. The molecule has 1 amide bonds. The van der Waals surface area contributed by atoms with Gasteiger partial charge in [0.1, 0.15) is 13.2 Å². The third-order valence-electron chi connectivity index (χ3n) is 6.79. The van der Waals surface area contributed by atoms with Crippen molar-refractivity contribution >= 4 is 46.0 Å². The maximum absolute atomic E-state index is 12.9. The molecule has 0 saturated carbocycles. The summed E-state index contributed by atoms with van der Waals surface area (Å²) in [5, 5.41) is 4.07. The molecule has 2 fully saturated rings. The van der Waals surface area contributed by atoms with E-state index in [0.717, 1.165) is 67.7 Å². The first kappa shape index (κ1) is 22.2. The molecule has 2 saturated heterocycles. The number of thiophene rings is 1. The average molecular weight is 486 g/mol. The Kier molecular flexibility index (Phi) is 6.01. The molecule has 0 aliphatic carbocycles. The van der Waals surface area contributed by atoms with Crippen LogP contribution in [0.2, 0.25) is 0 Å². The van der Waals surface area contributed by atoms with E-state index in [0.29, 0.717) is 23.0 Å². The number of likely N-dealkylation sites (tertiary alicyclic amines) is 2. The summed E-state index contributed by atoms with van der Waals surface area (Å²) in [5.41, 5.74) is 1.08. The molecule has 9 heteroatoms. The number of ketones is 1. The van der Waals surface area contributed by atoms with Gasteiger partial charge in [-0.1, -0.05) is 0 Å². The Morgan fingerprint density at radius 3 is 2.33 bits per heavy atom. The molecule has 0 bridgehead atoms. The van der Waals surface area contributed by atoms with Crippen LogP contribution in [0.4, 0.5) is 5.69 Å². The predicted octanol–water partition coefficient (Wildman–Crippen LogP) is 4.05. The minimum absolute atomic E-state index is 0.00326. The smallest absolute Gasteiger partial charge is 0.263 e. The van der Waals surface area contributed by atoms with Gasteiger partial charge < -0.3 is 24.6 Å². The maximum Gasteiger partial charge on any atom is 0.263 e. The number of hydrogen-bond acceptors (Lipinski definition) is 6. The molecule has 3 aliphatic heterocycles. The van der Waals surface area contributed by atoms with Gasteiger partial charge in [-0.05, 0) is 68.1 Å². The molecule has 1 N–H and O–H groups in total. The summed E-state index contributed by atoms with van der Waals surface area (Å²) < 4.78 is 11.3. The van der Waals surface area contributed by atoms with Crippen LogP contribution in [0, 0.1) is 5.41 Å². The number of nitrogens with one attached hydrogen (secondary N) is 1. The highest BCUT2D eigenvalue weighted by atomic mass is 32.1. The van der Waals surface area contributed by atoms with Crippen molar-refractivity contribution in [3.05, 3.63) is 40.1 Å². The Bertz CT molecular complexity index is 1090. The van der Waals surface area contributed by atoms with Crippen LogP contribution in [-0.4, -0.2) is 66.0 Å².